The van der Waals surface area contributed by atoms with E-state index in [0.717, 1.165) is 5.56 Å². The molecule has 4 aromatic rings. The molecule has 5 rings (SSSR count). The van der Waals surface area contributed by atoms with Gasteiger partial charge in [-0.15, -0.1) is 5.10 Å². The molecule has 11 nitrogen and oxygen atoms in total. The van der Waals surface area contributed by atoms with E-state index in [9.17, 15) is 9.59 Å². The number of carbonyl (C=O) groups excluding carboxylic acids is 2. The summed E-state index contributed by atoms with van der Waals surface area (Å²) in [6, 6.07) is 12.0. The molecule has 12 heteroatoms. The Morgan fingerprint density at radius 3 is 2.97 bits per heavy atom. The lowest BCUT2D eigenvalue weighted by molar-refractivity contribution is -0.117. The summed E-state index contributed by atoms with van der Waals surface area (Å²) < 4.78 is 6.70. The number of imidazole rings is 1. The smallest absolute Gasteiger partial charge is 0.411 e. The zero-order valence-corrected chi connectivity index (χ0v) is 20.1. The van der Waals surface area contributed by atoms with Crippen LogP contribution in [0.4, 0.5) is 10.5 Å². The molecule has 0 fully saturated rings. The Balaban J connectivity index is 1.39. The maximum atomic E-state index is 12.9. The number of hydrogen-bond acceptors (Lipinski definition) is 7. The van der Waals surface area contributed by atoms with Gasteiger partial charge >= 0.3 is 6.09 Å². The predicted octanol–water partition coefficient (Wildman–Crippen LogP) is 4.08. The molecular formula is C25H21ClN8O3. The minimum absolute atomic E-state index is 0.0891. The van der Waals surface area contributed by atoms with Crippen molar-refractivity contribution in [3.8, 4) is 16.9 Å². The van der Waals surface area contributed by atoms with Crippen LogP contribution >= 0.6 is 11.6 Å². The third-order valence-electron chi connectivity index (χ3n) is 5.54. The van der Waals surface area contributed by atoms with Gasteiger partial charge in [-0.25, -0.2) is 9.78 Å². The third-order valence-corrected chi connectivity index (χ3v) is 5.78. The highest BCUT2D eigenvalue weighted by atomic mass is 35.5. The Bertz CT molecular complexity index is 1480. The monoisotopic (exact) mass is 516 g/mol. The van der Waals surface area contributed by atoms with Crippen LogP contribution in [0.5, 0.6) is 0 Å². The molecular weight excluding hydrogens is 496 g/mol. The number of nitrogens with zero attached hydrogens (tertiary/aromatic N) is 5. The first-order valence-electron chi connectivity index (χ1n) is 11.3. The number of cyclic esters (lactones) is 1. The number of amides is 2. The van der Waals surface area contributed by atoms with Crippen molar-refractivity contribution >= 4 is 35.4 Å². The van der Waals surface area contributed by atoms with E-state index >= 15 is 0 Å². The zero-order valence-electron chi connectivity index (χ0n) is 19.3. The maximum Gasteiger partial charge on any atom is 0.411 e. The van der Waals surface area contributed by atoms with Crippen LogP contribution < -0.4 is 10.6 Å². The zero-order chi connectivity index (χ0) is 25.6. The molecule has 2 aromatic heterocycles. The van der Waals surface area contributed by atoms with Gasteiger partial charge in [-0.2, -0.15) is 4.68 Å². The summed E-state index contributed by atoms with van der Waals surface area (Å²) in [6.07, 6.45) is 9.57. The molecule has 3 heterocycles. The number of rotatable bonds is 4. The van der Waals surface area contributed by atoms with Crippen molar-refractivity contribution in [1.29, 1.82) is 0 Å². The van der Waals surface area contributed by atoms with Gasteiger partial charge < -0.3 is 15.0 Å². The van der Waals surface area contributed by atoms with E-state index in [1.165, 1.54) is 17.1 Å². The van der Waals surface area contributed by atoms with E-state index in [1.807, 2.05) is 24.3 Å². The summed E-state index contributed by atoms with van der Waals surface area (Å²) in [5, 5.41) is 17.5. The van der Waals surface area contributed by atoms with Crippen LogP contribution in [0, 0.1) is 0 Å². The van der Waals surface area contributed by atoms with E-state index in [4.69, 9.17) is 16.3 Å². The summed E-state index contributed by atoms with van der Waals surface area (Å²) in [6.45, 7) is 0.0891. The van der Waals surface area contributed by atoms with Crippen molar-refractivity contribution in [2.75, 3.05) is 11.9 Å². The number of nitrogens with one attached hydrogen (secondary N) is 3. The number of anilines is 1. The number of para-hydroxylation sites is 1. The van der Waals surface area contributed by atoms with Crippen LogP contribution in [-0.2, 0) is 9.53 Å². The Kier molecular flexibility index (Phi) is 7.04. The second-order valence-electron chi connectivity index (χ2n) is 8.01. The van der Waals surface area contributed by atoms with Gasteiger partial charge in [0.15, 0.2) is 0 Å². The summed E-state index contributed by atoms with van der Waals surface area (Å²) >= 11 is 6.17. The highest BCUT2D eigenvalue weighted by Crippen LogP contribution is 2.28. The van der Waals surface area contributed by atoms with Gasteiger partial charge in [0.25, 0.3) is 0 Å². The number of benzene rings is 2. The number of tetrazole rings is 1. The van der Waals surface area contributed by atoms with Gasteiger partial charge in [-0.3, -0.25) is 10.1 Å². The average molecular weight is 517 g/mol. The number of aromatic amines is 1. The number of carbonyl (C=O) groups is 2. The molecule has 37 heavy (non-hydrogen) atoms. The fourth-order valence-corrected chi connectivity index (χ4v) is 3.99. The number of halogens is 1. The van der Waals surface area contributed by atoms with Gasteiger partial charge in [0.05, 0.1) is 29.3 Å². The standard InChI is InChI=1S/C25H21ClN8O3/c26-17-9-10-22(34-15-28-32-33-34)16(13-17)8-11-23(35)29-20-7-3-4-12-37-25(36)31-19-6-2-1-5-18(19)21-14-27-24(20)30-21/h1-6,8-11,13-15,20H,7,12H2,(H,27,30)(H,29,35)(H,31,36)/b4-3+,11-8+/t20-/m0/s1. The largest absolute Gasteiger partial charge is 0.445 e. The maximum absolute atomic E-state index is 12.9. The van der Waals surface area contributed by atoms with Gasteiger partial charge in [-0.05, 0) is 47.2 Å². The normalized spacial score (nSPS) is 16.5. The number of H-pyrrole nitrogens is 1. The topological polar surface area (TPSA) is 140 Å². The van der Waals surface area contributed by atoms with E-state index in [1.54, 1.807) is 42.6 Å². The van der Waals surface area contributed by atoms with Gasteiger partial charge in [0.2, 0.25) is 5.91 Å². The van der Waals surface area contributed by atoms with Crippen LogP contribution in [0.3, 0.4) is 0 Å². The number of aromatic nitrogens is 6. The van der Waals surface area contributed by atoms with E-state index in [0.29, 0.717) is 39.9 Å². The molecule has 1 atom stereocenters. The molecule has 0 radical (unpaired) electrons. The molecule has 0 aliphatic carbocycles. The lowest BCUT2D eigenvalue weighted by atomic mass is 10.1. The summed E-state index contributed by atoms with van der Waals surface area (Å²) in [4.78, 5) is 32.9. The van der Waals surface area contributed by atoms with Crippen molar-refractivity contribution in [2.24, 2.45) is 0 Å². The predicted molar refractivity (Wildman–Crippen MR) is 137 cm³/mol. The van der Waals surface area contributed by atoms with Crippen molar-refractivity contribution < 1.29 is 14.3 Å². The van der Waals surface area contributed by atoms with E-state index < -0.39 is 12.1 Å². The lowest BCUT2D eigenvalue weighted by Gasteiger charge is -2.14. The molecule has 0 unspecified atom stereocenters. The highest BCUT2D eigenvalue weighted by molar-refractivity contribution is 6.30. The first-order valence-corrected chi connectivity index (χ1v) is 11.7. The van der Waals surface area contributed by atoms with Crippen molar-refractivity contribution in [1.82, 2.24) is 35.5 Å². The first kappa shape index (κ1) is 23.9. The molecule has 0 spiro atoms. The van der Waals surface area contributed by atoms with Crippen molar-refractivity contribution in [2.45, 2.75) is 12.5 Å². The van der Waals surface area contributed by atoms with Crippen LogP contribution in [0.25, 0.3) is 23.0 Å². The molecule has 3 N–H and O–H groups in total. The Morgan fingerprint density at radius 2 is 2.11 bits per heavy atom. The van der Waals surface area contributed by atoms with Crippen LogP contribution in [-0.4, -0.2) is 48.8 Å². The minimum Gasteiger partial charge on any atom is -0.445 e. The average Bonchev–Trinajstić information content (AvgIpc) is 3.60. The molecule has 2 bridgehead atoms. The number of fused-ring (bicyclic) bond motifs is 4. The number of ether oxygens (including phenoxy) is 1. The summed E-state index contributed by atoms with van der Waals surface area (Å²) in [7, 11) is 0. The van der Waals surface area contributed by atoms with Crippen LogP contribution in [0.1, 0.15) is 23.9 Å². The fraction of sp³-hybridized carbons (Fsp3) is 0.120. The second-order valence-corrected chi connectivity index (χ2v) is 8.45. The summed E-state index contributed by atoms with van der Waals surface area (Å²) in [5.41, 5.74) is 3.34. The first-order chi connectivity index (χ1) is 18.1. The van der Waals surface area contributed by atoms with Gasteiger partial charge in [0, 0.05) is 22.2 Å². The molecule has 2 aromatic carbocycles. The minimum atomic E-state index is -0.562. The number of hydrogen-bond donors (Lipinski definition) is 3. The van der Waals surface area contributed by atoms with Crippen LogP contribution in [0.15, 0.2) is 73.2 Å². The van der Waals surface area contributed by atoms with Crippen molar-refractivity contribution in [3.05, 3.63) is 89.6 Å². The quantitative estimate of drug-likeness (QED) is 0.274. The van der Waals surface area contributed by atoms with Gasteiger partial charge in [-0.1, -0.05) is 42.0 Å². The molecule has 1 aliphatic heterocycles. The second kappa shape index (κ2) is 10.9. The van der Waals surface area contributed by atoms with E-state index in [2.05, 4.69) is 36.1 Å². The summed E-state index contributed by atoms with van der Waals surface area (Å²) in [5.74, 6) is 0.233. The molecule has 2 amide bonds. The third kappa shape index (κ3) is 5.73. The Labute approximate surface area is 216 Å². The SMILES string of the molecule is O=C(/C=C/c1cc(Cl)ccc1-n1cnnn1)N[C@H]1C/C=C/COC(=O)Nc2ccccc2-c2cnc1[nH]2. The van der Waals surface area contributed by atoms with Crippen LogP contribution in [0.2, 0.25) is 5.02 Å². The molecule has 186 valence electrons. The van der Waals surface area contributed by atoms with Crippen molar-refractivity contribution in [3.63, 3.8) is 0 Å². The van der Waals surface area contributed by atoms with E-state index in [-0.39, 0.29) is 12.5 Å². The molecule has 1 aliphatic rings. The lowest BCUT2D eigenvalue weighted by Crippen LogP contribution is -2.27. The van der Waals surface area contributed by atoms with Gasteiger partial charge in [0.1, 0.15) is 18.8 Å². The highest BCUT2D eigenvalue weighted by Gasteiger charge is 2.18. The molecule has 0 saturated carbocycles. The Morgan fingerprint density at radius 1 is 1.22 bits per heavy atom. The molecule has 0 saturated heterocycles. The fourth-order valence-electron chi connectivity index (χ4n) is 3.81. The Hall–Kier alpha value is -4.77.